The number of piperidine rings is 1. The summed E-state index contributed by atoms with van der Waals surface area (Å²) in [5.74, 6) is 0.0945. The Morgan fingerprint density at radius 1 is 1.33 bits per heavy atom. The highest BCUT2D eigenvalue weighted by Gasteiger charge is 2.41. The molecule has 6 heteroatoms. The van der Waals surface area contributed by atoms with Gasteiger partial charge in [-0.15, -0.1) is 0 Å². The highest BCUT2D eigenvalue weighted by atomic mass is 16.5. The topological polar surface area (TPSA) is 78.5 Å². The Bertz CT molecular complexity index is 659. The molecule has 0 radical (unpaired) electrons. The number of aromatic amines is 1. The number of nitrogens with zero attached hydrogens (tertiary/aromatic N) is 2. The van der Waals surface area contributed by atoms with Gasteiger partial charge >= 0.3 is 5.97 Å². The molecule has 1 aromatic heterocycles. The Balaban J connectivity index is 1.65. The lowest BCUT2D eigenvalue weighted by Crippen LogP contribution is -2.45. The second-order valence-corrected chi connectivity index (χ2v) is 6.46. The molecule has 1 saturated heterocycles. The summed E-state index contributed by atoms with van der Waals surface area (Å²) in [6, 6.07) is 7.69. The van der Waals surface area contributed by atoms with Gasteiger partial charge in [0.2, 0.25) is 0 Å². The number of hydrogen-bond donors (Lipinski definition) is 2. The molecule has 3 rings (SSSR count). The Hall–Kier alpha value is -2.34. The number of ether oxygens (including phenoxy) is 1. The summed E-state index contributed by atoms with van der Waals surface area (Å²) in [7, 11) is 1.63. The van der Waals surface area contributed by atoms with Crippen molar-refractivity contribution in [1.82, 2.24) is 14.9 Å². The number of nitrogens with one attached hydrogen (secondary N) is 1. The van der Waals surface area contributed by atoms with Gasteiger partial charge in [0.15, 0.2) is 0 Å². The first kappa shape index (κ1) is 16.5. The lowest BCUT2D eigenvalue weighted by Gasteiger charge is -2.38. The minimum absolute atomic E-state index is 0.560. The van der Waals surface area contributed by atoms with Crippen molar-refractivity contribution < 1.29 is 14.6 Å². The Morgan fingerprint density at radius 3 is 2.58 bits per heavy atom. The molecule has 0 aliphatic carbocycles. The summed E-state index contributed by atoms with van der Waals surface area (Å²) in [5.41, 5.74) is 1.42. The quantitative estimate of drug-likeness (QED) is 0.850. The Labute approximate surface area is 141 Å². The molecule has 1 fully saturated rings. The van der Waals surface area contributed by atoms with Gasteiger partial charge in [0.1, 0.15) is 5.75 Å². The average Bonchev–Trinajstić information content (AvgIpc) is 3.10. The van der Waals surface area contributed by atoms with Gasteiger partial charge in [-0.05, 0) is 50.0 Å². The maximum atomic E-state index is 12.0. The molecule has 0 atom stereocenters. The molecule has 0 bridgehead atoms. The molecular weight excluding hydrogens is 306 g/mol. The third-order valence-electron chi connectivity index (χ3n) is 4.92. The van der Waals surface area contributed by atoms with E-state index in [4.69, 9.17) is 4.74 Å². The fraction of sp³-hybridized carbons (Fsp3) is 0.444. The second kappa shape index (κ2) is 7.05. The molecule has 1 aliphatic rings. The van der Waals surface area contributed by atoms with Crippen LogP contribution in [0.5, 0.6) is 5.75 Å². The predicted octanol–water partition coefficient (Wildman–Crippen LogP) is 2.33. The number of hydrogen-bond acceptors (Lipinski definition) is 4. The molecule has 2 heterocycles. The maximum Gasteiger partial charge on any atom is 0.310 e. The lowest BCUT2D eigenvalue weighted by atomic mass is 9.74. The molecule has 0 spiro atoms. The summed E-state index contributed by atoms with van der Waals surface area (Å²) in [5, 5.41) is 9.83. The number of imidazole rings is 1. The Kier molecular flexibility index (Phi) is 4.85. The normalized spacial score (nSPS) is 17.5. The van der Waals surface area contributed by atoms with Crippen LogP contribution in [-0.2, 0) is 17.8 Å². The predicted molar refractivity (Wildman–Crippen MR) is 89.9 cm³/mol. The summed E-state index contributed by atoms with van der Waals surface area (Å²) < 4.78 is 5.16. The van der Waals surface area contributed by atoms with Crippen molar-refractivity contribution in [2.75, 3.05) is 20.2 Å². The number of carboxylic acids is 1. The van der Waals surface area contributed by atoms with Crippen molar-refractivity contribution in [3.05, 3.63) is 48.0 Å². The smallest absolute Gasteiger partial charge is 0.310 e. The van der Waals surface area contributed by atoms with Gasteiger partial charge in [-0.3, -0.25) is 9.69 Å². The number of carbonyl (C=O) groups is 1. The number of benzene rings is 1. The zero-order valence-electron chi connectivity index (χ0n) is 13.9. The van der Waals surface area contributed by atoms with Gasteiger partial charge in [0.05, 0.1) is 18.9 Å². The standard InChI is InChI=1S/C18H23N3O3/c1-24-16-4-2-14(3-5-16)10-18(17(22)23)6-8-21(9-7-18)12-15-11-19-13-20-15/h2-5,11,13H,6-10,12H2,1H3,(H,19,20)(H,22,23). The van der Waals surface area contributed by atoms with Crippen molar-refractivity contribution in [3.8, 4) is 5.75 Å². The highest BCUT2D eigenvalue weighted by molar-refractivity contribution is 5.75. The fourth-order valence-electron chi connectivity index (χ4n) is 3.35. The molecule has 2 aromatic rings. The van der Waals surface area contributed by atoms with E-state index in [1.54, 1.807) is 13.4 Å². The number of likely N-dealkylation sites (tertiary alicyclic amines) is 1. The van der Waals surface area contributed by atoms with Crippen LogP contribution in [-0.4, -0.2) is 46.1 Å². The van der Waals surface area contributed by atoms with Gasteiger partial charge in [0.25, 0.3) is 0 Å². The SMILES string of the molecule is COc1ccc(CC2(C(=O)O)CCN(Cc3cnc[nH]3)CC2)cc1. The molecule has 1 aromatic carbocycles. The van der Waals surface area contributed by atoms with E-state index in [-0.39, 0.29) is 0 Å². The maximum absolute atomic E-state index is 12.0. The van der Waals surface area contributed by atoms with Crippen LogP contribution in [0.4, 0.5) is 0 Å². The monoisotopic (exact) mass is 329 g/mol. The van der Waals surface area contributed by atoms with E-state index < -0.39 is 11.4 Å². The minimum atomic E-state index is -0.695. The number of aliphatic carboxylic acids is 1. The summed E-state index contributed by atoms with van der Waals surface area (Å²) in [4.78, 5) is 21.4. The largest absolute Gasteiger partial charge is 0.497 e. The second-order valence-electron chi connectivity index (χ2n) is 6.46. The first-order valence-electron chi connectivity index (χ1n) is 8.17. The van der Waals surface area contributed by atoms with E-state index in [1.807, 2.05) is 30.5 Å². The zero-order valence-corrected chi connectivity index (χ0v) is 13.9. The first-order valence-corrected chi connectivity index (χ1v) is 8.17. The van der Waals surface area contributed by atoms with Crippen LogP contribution in [0.2, 0.25) is 0 Å². The van der Waals surface area contributed by atoms with Crippen molar-refractivity contribution in [2.45, 2.75) is 25.8 Å². The van der Waals surface area contributed by atoms with E-state index >= 15 is 0 Å². The summed E-state index contributed by atoms with van der Waals surface area (Å²) >= 11 is 0. The lowest BCUT2D eigenvalue weighted by molar-refractivity contribution is -0.152. The van der Waals surface area contributed by atoms with Gasteiger partial charge < -0.3 is 14.8 Å². The molecule has 24 heavy (non-hydrogen) atoms. The van der Waals surface area contributed by atoms with Crippen LogP contribution < -0.4 is 4.74 Å². The van der Waals surface area contributed by atoms with Gasteiger partial charge in [0, 0.05) is 18.4 Å². The molecule has 128 valence electrons. The van der Waals surface area contributed by atoms with Crippen LogP contribution in [0.15, 0.2) is 36.8 Å². The minimum Gasteiger partial charge on any atom is -0.497 e. The molecule has 6 nitrogen and oxygen atoms in total. The first-order chi connectivity index (χ1) is 11.6. The van der Waals surface area contributed by atoms with Crippen molar-refractivity contribution >= 4 is 5.97 Å². The van der Waals surface area contributed by atoms with Gasteiger partial charge in [-0.25, -0.2) is 4.98 Å². The molecular formula is C18H23N3O3. The summed E-state index contributed by atoms with van der Waals surface area (Å²) in [6.45, 7) is 2.35. The van der Waals surface area contributed by atoms with E-state index in [0.717, 1.165) is 36.6 Å². The van der Waals surface area contributed by atoms with Crippen molar-refractivity contribution in [2.24, 2.45) is 5.41 Å². The average molecular weight is 329 g/mol. The number of H-pyrrole nitrogens is 1. The third kappa shape index (κ3) is 3.59. The van der Waals surface area contributed by atoms with Crippen LogP contribution in [0, 0.1) is 5.41 Å². The van der Waals surface area contributed by atoms with E-state index in [0.29, 0.717) is 19.3 Å². The van der Waals surface area contributed by atoms with Crippen LogP contribution in [0.1, 0.15) is 24.1 Å². The number of rotatable bonds is 6. The van der Waals surface area contributed by atoms with E-state index in [1.165, 1.54) is 0 Å². The molecule has 0 amide bonds. The van der Waals surface area contributed by atoms with Gasteiger partial charge in [-0.1, -0.05) is 12.1 Å². The van der Waals surface area contributed by atoms with Crippen LogP contribution in [0.3, 0.4) is 0 Å². The third-order valence-corrected chi connectivity index (χ3v) is 4.92. The highest BCUT2D eigenvalue weighted by Crippen LogP contribution is 2.36. The molecule has 1 aliphatic heterocycles. The van der Waals surface area contributed by atoms with E-state index in [2.05, 4.69) is 14.9 Å². The number of carboxylic acid groups (broad SMARTS) is 1. The molecule has 2 N–H and O–H groups in total. The number of methoxy groups -OCH3 is 1. The summed E-state index contributed by atoms with van der Waals surface area (Å²) in [6.07, 6.45) is 5.36. The Morgan fingerprint density at radius 2 is 2.04 bits per heavy atom. The molecule has 0 unspecified atom stereocenters. The van der Waals surface area contributed by atoms with Gasteiger partial charge in [-0.2, -0.15) is 0 Å². The molecule has 0 saturated carbocycles. The van der Waals surface area contributed by atoms with Crippen LogP contribution >= 0.6 is 0 Å². The van der Waals surface area contributed by atoms with Crippen molar-refractivity contribution in [1.29, 1.82) is 0 Å². The van der Waals surface area contributed by atoms with E-state index in [9.17, 15) is 9.90 Å². The zero-order chi connectivity index (χ0) is 17.0. The van der Waals surface area contributed by atoms with Crippen LogP contribution in [0.25, 0.3) is 0 Å². The van der Waals surface area contributed by atoms with Crippen molar-refractivity contribution in [3.63, 3.8) is 0 Å². The number of aromatic nitrogens is 2. The fourth-order valence-corrected chi connectivity index (χ4v) is 3.35.